The van der Waals surface area contributed by atoms with Gasteiger partial charge in [-0.2, -0.15) is 14.9 Å². The van der Waals surface area contributed by atoms with Gasteiger partial charge in [-0.15, -0.1) is 0 Å². The Morgan fingerprint density at radius 2 is 2.00 bits per heavy atom. The molecule has 0 radical (unpaired) electrons. The van der Waals surface area contributed by atoms with Crippen LogP contribution in [0, 0.1) is 6.92 Å². The van der Waals surface area contributed by atoms with Gasteiger partial charge in [0.2, 0.25) is 5.91 Å². The lowest BCUT2D eigenvalue weighted by molar-refractivity contribution is -0.116. The summed E-state index contributed by atoms with van der Waals surface area (Å²) in [5, 5.41) is 13.9. The summed E-state index contributed by atoms with van der Waals surface area (Å²) in [5.74, 6) is 1.76. The molecule has 1 unspecified atom stereocenters. The van der Waals surface area contributed by atoms with Crippen molar-refractivity contribution in [3.8, 4) is 17.3 Å². The molecule has 1 amide bonds. The highest BCUT2D eigenvalue weighted by molar-refractivity contribution is 5.95. The average molecular weight is 409 g/mol. The van der Waals surface area contributed by atoms with E-state index in [4.69, 9.17) is 9.47 Å². The van der Waals surface area contributed by atoms with E-state index in [-0.39, 0.29) is 29.9 Å². The van der Waals surface area contributed by atoms with Crippen molar-refractivity contribution in [2.75, 3.05) is 12.4 Å². The molecule has 9 heteroatoms. The van der Waals surface area contributed by atoms with Gasteiger partial charge in [-0.1, -0.05) is 12.1 Å². The minimum Gasteiger partial charge on any atom is -0.493 e. The molecule has 2 N–H and O–H groups in total. The number of ether oxygens (including phenoxy) is 2. The third kappa shape index (κ3) is 3.42. The number of aryl methyl sites for hydroxylation is 1. The van der Waals surface area contributed by atoms with Gasteiger partial charge >= 0.3 is 0 Å². The Kier molecular flexibility index (Phi) is 5.03. The highest BCUT2D eigenvalue weighted by Crippen LogP contribution is 2.45. The van der Waals surface area contributed by atoms with Crippen molar-refractivity contribution >= 4 is 11.7 Å². The van der Waals surface area contributed by atoms with Crippen LogP contribution < -0.4 is 20.3 Å². The fourth-order valence-corrected chi connectivity index (χ4v) is 3.76. The summed E-state index contributed by atoms with van der Waals surface area (Å²) in [6.45, 7) is 5.77. The highest BCUT2D eigenvalue weighted by atomic mass is 16.5. The molecular formula is C21H23N5O4. The van der Waals surface area contributed by atoms with Gasteiger partial charge in [-0.05, 0) is 32.9 Å². The molecule has 30 heavy (non-hydrogen) atoms. The smallest absolute Gasteiger partial charge is 0.264 e. The molecule has 0 fully saturated rings. The number of methoxy groups -OCH3 is 1. The van der Waals surface area contributed by atoms with Crippen LogP contribution in [0.15, 0.2) is 35.1 Å². The van der Waals surface area contributed by atoms with Crippen molar-refractivity contribution in [3.63, 3.8) is 0 Å². The number of amides is 1. The molecule has 0 bridgehead atoms. The van der Waals surface area contributed by atoms with E-state index in [0.29, 0.717) is 23.1 Å². The summed E-state index contributed by atoms with van der Waals surface area (Å²) < 4.78 is 13.1. The van der Waals surface area contributed by atoms with E-state index < -0.39 is 0 Å². The van der Waals surface area contributed by atoms with Crippen molar-refractivity contribution in [1.82, 2.24) is 20.0 Å². The summed E-state index contributed by atoms with van der Waals surface area (Å²) in [5.41, 5.74) is 2.17. The van der Waals surface area contributed by atoms with Gasteiger partial charge in [0.15, 0.2) is 17.3 Å². The number of H-pyrrole nitrogens is 1. The van der Waals surface area contributed by atoms with Crippen LogP contribution in [0.4, 0.5) is 5.82 Å². The Balaban J connectivity index is 1.89. The minimum absolute atomic E-state index is 0.0638. The van der Waals surface area contributed by atoms with Crippen molar-refractivity contribution in [3.05, 3.63) is 57.5 Å². The second-order valence-corrected chi connectivity index (χ2v) is 7.39. The first kappa shape index (κ1) is 19.7. The number of fused-ring (bicyclic) bond motifs is 1. The number of hydrogen-bond donors (Lipinski definition) is 2. The predicted octanol–water partition coefficient (Wildman–Crippen LogP) is 2.53. The number of carbonyl (C=O) groups excluding carboxylic acids is 1. The van der Waals surface area contributed by atoms with Gasteiger partial charge in [0.25, 0.3) is 5.56 Å². The summed E-state index contributed by atoms with van der Waals surface area (Å²) in [6.07, 6.45) is 0.186. The quantitative estimate of drug-likeness (QED) is 0.670. The van der Waals surface area contributed by atoms with Gasteiger partial charge in [0.05, 0.1) is 18.9 Å². The summed E-state index contributed by atoms with van der Waals surface area (Å²) in [6, 6.07) is 8.59. The molecule has 156 valence electrons. The van der Waals surface area contributed by atoms with Gasteiger partial charge in [-0.25, -0.2) is 5.10 Å². The Labute approximate surface area is 173 Å². The maximum Gasteiger partial charge on any atom is 0.264 e. The Morgan fingerprint density at radius 1 is 1.20 bits per heavy atom. The number of carbonyl (C=O) groups is 1. The number of para-hydroxylation sites is 1. The zero-order valence-corrected chi connectivity index (χ0v) is 17.2. The Hall–Kier alpha value is -3.62. The van der Waals surface area contributed by atoms with Crippen LogP contribution in [0.2, 0.25) is 0 Å². The number of aromatic amines is 1. The van der Waals surface area contributed by atoms with E-state index in [1.54, 1.807) is 13.2 Å². The van der Waals surface area contributed by atoms with Crippen LogP contribution in [0.25, 0.3) is 5.82 Å². The van der Waals surface area contributed by atoms with Gasteiger partial charge in [-0.3, -0.25) is 9.59 Å². The average Bonchev–Trinajstić information content (AvgIpc) is 3.04. The van der Waals surface area contributed by atoms with Gasteiger partial charge in [0.1, 0.15) is 5.82 Å². The number of nitrogens with one attached hydrogen (secondary N) is 2. The SMILES string of the molecule is COc1cccc(C2CC(=O)Nc3c2c(C)nn3-c2ccc(=O)[nH]n2)c1OC(C)C. The lowest BCUT2D eigenvalue weighted by atomic mass is 9.85. The van der Waals surface area contributed by atoms with E-state index in [0.717, 1.165) is 16.8 Å². The minimum atomic E-state index is -0.315. The first-order valence-corrected chi connectivity index (χ1v) is 9.68. The van der Waals surface area contributed by atoms with E-state index in [1.807, 2.05) is 39.0 Å². The monoisotopic (exact) mass is 409 g/mol. The number of hydrogen-bond acceptors (Lipinski definition) is 6. The van der Waals surface area contributed by atoms with Crippen LogP contribution >= 0.6 is 0 Å². The fourth-order valence-electron chi connectivity index (χ4n) is 3.76. The molecule has 0 saturated carbocycles. The number of benzene rings is 1. The molecule has 3 heterocycles. The fraction of sp³-hybridized carbons (Fsp3) is 0.333. The van der Waals surface area contributed by atoms with Crippen LogP contribution in [0.5, 0.6) is 11.5 Å². The summed E-state index contributed by atoms with van der Waals surface area (Å²) >= 11 is 0. The summed E-state index contributed by atoms with van der Waals surface area (Å²) in [4.78, 5) is 24.0. The Bertz CT molecular complexity index is 1140. The zero-order valence-electron chi connectivity index (χ0n) is 17.2. The number of nitrogens with zero attached hydrogens (tertiary/aromatic N) is 3. The van der Waals surface area contributed by atoms with Gasteiger partial charge in [0, 0.05) is 29.5 Å². The standard InChI is InChI=1S/C21H23N5O4/c1-11(2)30-20-13(6-5-7-15(20)29-4)14-10-18(28)22-21-19(14)12(3)25-26(21)16-8-9-17(27)24-23-16/h5-9,11,14H,10H2,1-4H3,(H,22,28)(H,24,27). The number of anilines is 1. The molecule has 1 atom stereocenters. The van der Waals surface area contributed by atoms with Gasteiger partial charge < -0.3 is 14.8 Å². The van der Waals surface area contributed by atoms with Crippen LogP contribution in [-0.4, -0.2) is 39.1 Å². The molecule has 1 aromatic carbocycles. The first-order valence-electron chi connectivity index (χ1n) is 9.68. The van der Waals surface area contributed by atoms with Crippen LogP contribution in [0.3, 0.4) is 0 Å². The molecule has 1 aliphatic heterocycles. The normalized spacial score (nSPS) is 15.6. The van der Waals surface area contributed by atoms with E-state index >= 15 is 0 Å². The van der Waals surface area contributed by atoms with Crippen molar-refractivity contribution in [2.45, 2.75) is 39.2 Å². The molecule has 9 nitrogen and oxygen atoms in total. The maximum atomic E-state index is 12.6. The molecule has 0 spiro atoms. The maximum absolute atomic E-state index is 12.6. The first-order chi connectivity index (χ1) is 14.4. The molecule has 4 rings (SSSR count). The van der Waals surface area contributed by atoms with Crippen LogP contribution in [-0.2, 0) is 4.79 Å². The molecule has 1 aliphatic rings. The second kappa shape index (κ2) is 7.66. The van der Waals surface area contributed by atoms with E-state index in [2.05, 4.69) is 20.6 Å². The van der Waals surface area contributed by atoms with Crippen molar-refractivity contribution in [2.24, 2.45) is 0 Å². The topological polar surface area (TPSA) is 111 Å². The lowest BCUT2D eigenvalue weighted by Crippen LogP contribution is -2.26. The zero-order chi connectivity index (χ0) is 21.4. The van der Waals surface area contributed by atoms with Crippen molar-refractivity contribution in [1.29, 1.82) is 0 Å². The third-order valence-electron chi connectivity index (χ3n) is 4.94. The lowest BCUT2D eigenvalue weighted by Gasteiger charge is -2.27. The summed E-state index contributed by atoms with van der Waals surface area (Å²) in [7, 11) is 1.59. The Morgan fingerprint density at radius 3 is 2.67 bits per heavy atom. The van der Waals surface area contributed by atoms with Crippen molar-refractivity contribution < 1.29 is 14.3 Å². The number of rotatable bonds is 5. The second-order valence-electron chi connectivity index (χ2n) is 7.39. The largest absolute Gasteiger partial charge is 0.493 e. The highest BCUT2D eigenvalue weighted by Gasteiger charge is 2.35. The molecule has 0 saturated heterocycles. The predicted molar refractivity (Wildman–Crippen MR) is 111 cm³/mol. The third-order valence-corrected chi connectivity index (χ3v) is 4.94. The molecular weight excluding hydrogens is 386 g/mol. The van der Waals surface area contributed by atoms with E-state index in [9.17, 15) is 9.59 Å². The molecule has 0 aliphatic carbocycles. The van der Waals surface area contributed by atoms with Crippen LogP contribution in [0.1, 0.15) is 43.0 Å². The molecule has 3 aromatic rings. The molecule has 2 aromatic heterocycles. The number of aromatic nitrogens is 4. The van der Waals surface area contributed by atoms with E-state index in [1.165, 1.54) is 10.7 Å².